The van der Waals surface area contributed by atoms with Gasteiger partial charge in [-0.05, 0) is 43.7 Å². The van der Waals surface area contributed by atoms with Crippen LogP contribution in [0.1, 0.15) is 23.1 Å². The first-order chi connectivity index (χ1) is 14.9. The molecule has 1 aliphatic heterocycles. The lowest BCUT2D eigenvalue weighted by atomic mass is 10.0. The molecule has 0 bridgehead atoms. The molecular weight excluding hydrogens is 393 g/mol. The molecule has 0 saturated heterocycles. The Hall–Kier alpha value is -3.67. The lowest BCUT2D eigenvalue weighted by Crippen LogP contribution is -2.49. The topological polar surface area (TPSA) is 61.4 Å². The summed E-state index contributed by atoms with van der Waals surface area (Å²) >= 11 is 0. The Morgan fingerprint density at radius 2 is 1.81 bits per heavy atom. The molecule has 31 heavy (non-hydrogen) atoms. The molecule has 158 valence electrons. The summed E-state index contributed by atoms with van der Waals surface area (Å²) < 4.78 is 14.4. The van der Waals surface area contributed by atoms with Gasteiger partial charge in [-0.1, -0.05) is 48.0 Å². The Labute approximate surface area is 180 Å². The number of fused-ring (bicyclic) bond motifs is 1. The molecule has 0 aliphatic carbocycles. The van der Waals surface area contributed by atoms with Crippen molar-refractivity contribution in [1.29, 1.82) is 0 Å². The first-order valence-corrected chi connectivity index (χ1v) is 10.2. The number of hydrogen-bond acceptors (Lipinski definition) is 3. The summed E-state index contributed by atoms with van der Waals surface area (Å²) in [4.78, 5) is 27.6. The molecule has 6 heteroatoms. The number of benzene rings is 3. The van der Waals surface area contributed by atoms with Crippen LogP contribution in [0.15, 0.2) is 66.7 Å². The zero-order chi connectivity index (χ0) is 22.0. The SMILES string of the molecule is Cc1ccc(NC(=O)C[C@@H]2C(=O)Nc3ccccc3N2Cc2ccccc2F)c(C)c1. The van der Waals surface area contributed by atoms with E-state index in [-0.39, 0.29) is 30.6 Å². The number of aryl methyl sites for hydroxylation is 2. The van der Waals surface area contributed by atoms with Gasteiger partial charge in [0.1, 0.15) is 11.9 Å². The Kier molecular flexibility index (Phi) is 5.71. The molecule has 1 atom stereocenters. The number of hydrogen-bond donors (Lipinski definition) is 2. The van der Waals surface area contributed by atoms with E-state index in [2.05, 4.69) is 10.6 Å². The number of carbonyl (C=O) groups excluding carboxylic acids is 2. The number of amides is 2. The molecule has 3 aromatic carbocycles. The number of halogens is 1. The molecular formula is C25H24FN3O2. The fourth-order valence-electron chi connectivity index (χ4n) is 3.89. The van der Waals surface area contributed by atoms with Crippen LogP contribution < -0.4 is 15.5 Å². The van der Waals surface area contributed by atoms with Crippen molar-refractivity contribution in [3.8, 4) is 0 Å². The third kappa shape index (κ3) is 4.43. The predicted molar refractivity (Wildman–Crippen MR) is 121 cm³/mol. The van der Waals surface area contributed by atoms with Crippen molar-refractivity contribution in [3.05, 3.63) is 89.2 Å². The van der Waals surface area contributed by atoms with E-state index in [0.29, 0.717) is 16.9 Å². The van der Waals surface area contributed by atoms with Crippen molar-refractivity contribution < 1.29 is 14.0 Å². The normalized spacial score (nSPS) is 15.3. The minimum Gasteiger partial charge on any atom is -0.353 e. The van der Waals surface area contributed by atoms with Gasteiger partial charge in [0.15, 0.2) is 0 Å². The largest absolute Gasteiger partial charge is 0.353 e. The van der Waals surface area contributed by atoms with Gasteiger partial charge in [0.05, 0.1) is 17.8 Å². The molecule has 1 heterocycles. The fraction of sp³-hybridized carbons (Fsp3) is 0.200. The Balaban J connectivity index is 1.61. The number of rotatable bonds is 5. The average Bonchev–Trinajstić information content (AvgIpc) is 2.74. The van der Waals surface area contributed by atoms with Crippen molar-refractivity contribution in [2.24, 2.45) is 0 Å². The first kappa shape index (κ1) is 20.6. The van der Waals surface area contributed by atoms with E-state index < -0.39 is 6.04 Å². The number of anilines is 3. The van der Waals surface area contributed by atoms with Crippen molar-refractivity contribution >= 4 is 28.9 Å². The molecule has 0 spiro atoms. The standard InChI is InChI=1S/C25H24FN3O2/c1-16-11-12-20(17(2)13-16)27-24(30)14-23-25(31)28-21-9-5-6-10-22(21)29(23)15-18-7-3-4-8-19(18)26/h3-13,23H,14-15H2,1-2H3,(H,27,30)(H,28,31)/t23-/m1/s1. The summed E-state index contributed by atoms with van der Waals surface area (Å²) in [6.07, 6.45) is -0.0536. The molecule has 2 N–H and O–H groups in total. The zero-order valence-electron chi connectivity index (χ0n) is 17.5. The minimum absolute atomic E-state index is 0.0536. The zero-order valence-corrected chi connectivity index (χ0v) is 17.5. The maximum Gasteiger partial charge on any atom is 0.247 e. The molecule has 4 rings (SSSR count). The lowest BCUT2D eigenvalue weighted by molar-refractivity contribution is -0.122. The van der Waals surface area contributed by atoms with Gasteiger partial charge >= 0.3 is 0 Å². The molecule has 5 nitrogen and oxygen atoms in total. The Morgan fingerprint density at radius 1 is 1.06 bits per heavy atom. The lowest BCUT2D eigenvalue weighted by Gasteiger charge is -2.38. The van der Waals surface area contributed by atoms with Crippen LogP contribution in [-0.4, -0.2) is 17.9 Å². The van der Waals surface area contributed by atoms with Gasteiger partial charge in [-0.3, -0.25) is 9.59 Å². The maximum atomic E-state index is 14.4. The van der Waals surface area contributed by atoms with Crippen LogP contribution >= 0.6 is 0 Å². The molecule has 0 radical (unpaired) electrons. The van der Waals surface area contributed by atoms with E-state index in [9.17, 15) is 14.0 Å². The second-order valence-corrected chi connectivity index (χ2v) is 7.81. The van der Waals surface area contributed by atoms with Crippen molar-refractivity contribution in [3.63, 3.8) is 0 Å². The van der Waals surface area contributed by atoms with E-state index in [1.807, 2.05) is 50.2 Å². The number of para-hydroxylation sites is 2. The molecule has 2 amide bonds. The summed E-state index contributed by atoms with van der Waals surface area (Å²) in [5.41, 5.74) is 4.65. The molecule has 0 saturated carbocycles. The van der Waals surface area contributed by atoms with Crippen LogP contribution in [0.5, 0.6) is 0 Å². The summed E-state index contributed by atoms with van der Waals surface area (Å²) in [5.74, 6) is -0.903. The van der Waals surface area contributed by atoms with Gasteiger partial charge in [0.2, 0.25) is 11.8 Å². The van der Waals surface area contributed by atoms with E-state index in [4.69, 9.17) is 0 Å². The van der Waals surface area contributed by atoms with Crippen molar-refractivity contribution in [2.75, 3.05) is 15.5 Å². The predicted octanol–water partition coefficient (Wildman–Crippen LogP) is 4.80. The van der Waals surface area contributed by atoms with Gasteiger partial charge in [-0.15, -0.1) is 0 Å². The molecule has 1 aliphatic rings. The van der Waals surface area contributed by atoms with Crippen LogP contribution in [0.2, 0.25) is 0 Å². The highest BCUT2D eigenvalue weighted by Crippen LogP contribution is 2.34. The monoisotopic (exact) mass is 417 g/mol. The first-order valence-electron chi connectivity index (χ1n) is 10.2. The Morgan fingerprint density at radius 3 is 2.58 bits per heavy atom. The smallest absolute Gasteiger partial charge is 0.247 e. The maximum absolute atomic E-state index is 14.4. The van der Waals surface area contributed by atoms with E-state index in [1.54, 1.807) is 29.2 Å². The highest BCUT2D eigenvalue weighted by molar-refractivity contribution is 6.06. The van der Waals surface area contributed by atoms with E-state index >= 15 is 0 Å². The summed E-state index contributed by atoms with van der Waals surface area (Å²) in [5, 5.41) is 5.78. The molecule has 0 unspecified atom stereocenters. The average molecular weight is 417 g/mol. The number of carbonyl (C=O) groups is 2. The van der Waals surface area contributed by atoms with Gasteiger partial charge in [0.25, 0.3) is 0 Å². The summed E-state index contributed by atoms with van der Waals surface area (Å²) in [6, 6.07) is 18.8. The second kappa shape index (κ2) is 8.60. The third-order valence-corrected chi connectivity index (χ3v) is 5.48. The number of nitrogens with zero attached hydrogens (tertiary/aromatic N) is 1. The van der Waals surface area contributed by atoms with Crippen molar-refractivity contribution in [2.45, 2.75) is 32.9 Å². The van der Waals surface area contributed by atoms with Gasteiger partial charge in [-0.2, -0.15) is 0 Å². The molecule has 0 fully saturated rings. The molecule has 0 aromatic heterocycles. The van der Waals surface area contributed by atoms with Gasteiger partial charge in [0, 0.05) is 17.8 Å². The third-order valence-electron chi connectivity index (χ3n) is 5.48. The van der Waals surface area contributed by atoms with Crippen LogP contribution in [0.4, 0.5) is 21.5 Å². The van der Waals surface area contributed by atoms with Gasteiger partial charge < -0.3 is 15.5 Å². The minimum atomic E-state index is -0.764. The van der Waals surface area contributed by atoms with Crippen LogP contribution in [0.25, 0.3) is 0 Å². The highest BCUT2D eigenvalue weighted by Gasteiger charge is 2.34. The van der Waals surface area contributed by atoms with Gasteiger partial charge in [-0.25, -0.2) is 4.39 Å². The summed E-state index contributed by atoms with van der Waals surface area (Å²) in [7, 11) is 0. The van der Waals surface area contributed by atoms with E-state index in [0.717, 1.165) is 16.8 Å². The molecule has 3 aromatic rings. The van der Waals surface area contributed by atoms with Crippen molar-refractivity contribution in [1.82, 2.24) is 0 Å². The Bertz CT molecular complexity index is 1150. The highest BCUT2D eigenvalue weighted by atomic mass is 19.1. The second-order valence-electron chi connectivity index (χ2n) is 7.81. The number of nitrogens with one attached hydrogen (secondary N) is 2. The van der Waals surface area contributed by atoms with Crippen LogP contribution in [0, 0.1) is 19.7 Å². The van der Waals surface area contributed by atoms with Crippen LogP contribution in [-0.2, 0) is 16.1 Å². The fourth-order valence-corrected chi connectivity index (χ4v) is 3.89. The summed E-state index contributed by atoms with van der Waals surface area (Å²) in [6.45, 7) is 4.10. The quantitative estimate of drug-likeness (QED) is 0.627. The van der Waals surface area contributed by atoms with Crippen LogP contribution in [0.3, 0.4) is 0 Å². The van der Waals surface area contributed by atoms with E-state index in [1.165, 1.54) is 6.07 Å².